The molecule has 3 N–H and O–H groups in total. The molecule has 0 aromatic rings. The van der Waals surface area contributed by atoms with Crippen molar-refractivity contribution in [1.82, 2.24) is 5.32 Å². The number of rotatable bonds is 55. The van der Waals surface area contributed by atoms with Crippen LogP contribution >= 0.6 is 7.82 Å². The van der Waals surface area contributed by atoms with Crippen molar-refractivity contribution in [2.24, 2.45) is 0 Å². The Bertz CT molecular complexity index is 1590. The first-order valence-corrected chi connectivity index (χ1v) is 32.2. The predicted molar refractivity (Wildman–Crippen MR) is 327 cm³/mol. The predicted octanol–water partition coefficient (Wildman–Crippen LogP) is 19.2. The van der Waals surface area contributed by atoms with Crippen molar-refractivity contribution in [3.8, 4) is 0 Å². The number of carbonyl (C=O) groups excluding carboxylic acids is 1. The Balaban J connectivity index is 4.26. The van der Waals surface area contributed by atoms with E-state index in [1.807, 2.05) is 21.1 Å². The number of carbonyl (C=O) groups is 1. The molecule has 8 nitrogen and oxygen atoms in total. The Morgan fingerprint density at radius 1 is 0.467 bits per heavy atom. The normalized spacial score (nSPS) is 14.6. The summed E-state index contributed by atoms with van der Waals surface area (Å²) >= 11 is 0. The van der Waals surface area contributed by atoms with Crippen LogP contribution in [0.2, 0.25) is 0 Å². The highest BCUT2D eigenvalue weighted by molar-refractivity contribution is 7.47. The first-order chi connectivity index (χ1) is 36.5. The number of unbranched alkanes of at least 4 members (excludes halogenated alkanes) is 24. The molecule has 0 bridgehead atoms. The van der Waals surface area contributed by atoms with Crippen LogP contribution in [0, 0.1) is 0 Å². The zero-order chi connectivity index (χ0) is 54.9. The number of allylic oxidation sites excluding steroid dienone is 18. The van der Waals surface area contributed by atoms with Crippen molar-refractivity contribution in [2.75, 3.05) is 40.9 Å². The van der Waals surface area contributed by atoms with E-state index in [1.165, 1.54) is 122 Å². The molecule has 1 amide bonds. The smallest absolute Gasteiger partial charge is 0.391 e. The lowest BCUT2D eigenvalue weighted by atomic mass is 10.0. The maximum Gasteiger partial charge on any atom is 0.472 e. The van der Waals surface area contributed by atoms with E-state index in [9.17, 15) is 19.4 Å². The van der Waals surface area contributed by atoms with Gasteiger partial charge in [-0.2, -0.15) is 0 Å². The van der Waals surface area contributed by atoms with Crippen molar-refractivity contribution in [3.05, 3.63) is 109 Å². The van der Waals surface area contributed by atoms with Crippen molar-refractivity contribution >= 4 is 13.7 Å². The van der Waals surface area contributed by atoms with Gasteiger partial charge in [0, 0.05) is 6.42 Å². The molecule has 0 aliphatic carbocycles. The number of phosphoric ester groups is 1. The van der Waals surface area contributed by atoms with E-state index >= 15 is 0 Å². The zero-order valence-corrected chi connectivity index (χ0v) is 50.1. The lowest BCUT2D eigenvalue weighted by Crippen LogP contribution is -2.46. The van der Waals surface area contributed by atoms with Gasteiger partial charge < -0.3 is 19.8 Å². The van der Waals surface area contributed by atoms with Gasteiger partial charge in [-0.05, 0) is 83.5 Å². The van der Waals surface area contributed by atoms with Crippen LogP contribution in [0.25, 0.3) is 0 Å². The van der Waals surface area contributed by atoms with Gasteiger partial charge in [-0.25, -0.2) is 4.57 Å². The molecule has 0 saturated heterocycles. The summed E-state index contributed by atoms with van der Waals surface area (Å²) in [5.74, 6) is -0.178. The summed E-state index contributed by atoms with van der Waals surface area (Å²) in [4.78, 5) is 23.4. The summed E-state index contributed by atoms with van der Waals surface area (Å²) in [6.07, 6.45) is 81.5. The molecule has 0 saturated carbocycles. The largest absolute Gasteiger partial charge is 0.472 e. The van der Waals surface area contributed by atoms with Gasteiger partial charge in [0.15, 0.2) is 0 Å². The third-order valence-corrected chi connectivity index (χ3v) is 14.3. The van der Waals surface area contributed by atoms with E-state index in [0.717, 1.165) is 103 Å². The van der Waals surface area contributed by atoms with Crippen LogP contribution in [0.1, 0.15) is 251 Å². The molecule has 0 aromatic carbocycles. The van der Waals surface area contributed by atoms with Gasteiger partial charge in [-0.15, -0.1) is 0 Å². The van der Waals surface area contributed by atoms with Gasteiger partial charge in [0.05, 0.1) is 39.9 Å². The third-order valence-electron chi connectivity index (χ3n) is 13.3. The number of aliphatic hydroxyl groups is 1. The van der Waals surface area contributed by atoms with Crippen molar-refractivity contribution in [1.29, 1.82) is 0 Å². The van der Waals surface area contributed by atoms with Gasteiger partial charge in [-0.1, -0.05) is 271 Å². The molecule has 0 radical (unpaired) electrons. The summed E-state index contributed by atoms with van der Waals surface area (Å²) in [5.41, 5.74) is 0. The van der Waals surface area contributed by atoms with Crippen LogP contribution in [0.5, 0.6) is 0 Å². The molecule has 0 heterocycles. The molecule has 75 heavy (non-hydrogen) atoms. The first-order valence-electron chi connectivity index (χ1n) is 30.8. The molecule has 0 aliphatic heterocycles. The topological polar surface area (TPSA) is 105 Å². The fourth-order valence-electron chi connectivity index (χ4n) is 8.51. The van der Waals surface area contributed by atoms with Crippen LogP contribution in [0.3, 0.4) is 0 Å². The average molecular weight is 1070 g/mol. The molecule has 9 heteroatoms. The quantitative estimate of drug-likeness (QED) is 0.0243. The molecule has 0 spiro atoms. The Labute approximate surface area is 463 Å². The molecule has 432 valence electrons. The number of nitrogens with zero attached hydrogens (tertiary/aromatic N) is 1. The molecule has 0 rings (SSSR count). The average Bonchev–Trinajstić information content (AvgIpc) is 3.37. The van der Waals surface area contributed by atoms with E-state index in [1.54, 1.807) is 0 Å². The fraction of sp³-hybridized carbons (Fsp3) is 0.712. The second-order valence-corrected chi connectivity index (χ2v) is 23.2. The summed E-state index contributed by atoms with van der Waals surface area (Å²) in [6.45, 7) is 4.76. The second kappa shape index (κ2) is 55.9. The molecule has 3 atom stereocenters. The van der Waals surface area contributed by atoms with Crippen LogP contribution in [0.4, 0.5) is 0 Å². The van der Waals surface area contributed by atoms with Gasteiger partial charge in [0.25, 0.3) is 0 Å². The second-order valence-electron chi connectivity index (χ2n) is 21.7. The number of phosphoric acid groups is 1. The van der Waals surface area contributed by atoms with Gasteiger partial charge in [-0.3, -0.25) is 13.8 Å². The summed E-state index contributed by atoms with van der Waals surface area (Å²) < 4.78 is 23.8. The molecule has 0 fully saturated rings. The molecular formula is C66H118N2O6P+. The van der Waals surface area contributed by atoms with E-state index < -0.39 is 20.0 Å². The number of hydrogen-bond acceptors (Lipinski definition) is 5. The van der Waals surface area contributed by atoms with Crippen molar-refractivity contribution in [2.45, 2.75) is 264 Å². The number of likely N-dealkylation sites (N-methyl/N-ethyl adjacent to an activating group) is 1. The van der Waals surface area contributed by atoms with Crippen LogP contribution < -0.4 is 5.32 Å². The first kappa shape index (κ1) is 72.2. The van der Waals surface area contributed by atoms with Crippen LogP contribution in [0.15, 0.2) is 109 Å². The minimum Gasteiger partial charge on any atom is -0.391 e. The Hall–Kier alpha value is -2.84. The highest BCUT2D eigenvalue weighted by Gasteiger charge is 2.28. The Kier molecular flexibility index (Phi) is 53.8. The number of aliphatic hydroxyl groups excluding tert-OH is 1. The van der Waals surface area contributed by atoms with Crippen LogP contribution in [-0.2, 0) is 18.4 Å². The van der Waals surface area contributed by atoms with Gasteiger partial charge in [0.2, 0.25) is 5.91 Å². The molecule has 0 aliphatic rings. The number of nitrogens with one attached hydrogen (secondary N) is 1. The number of quaternary nitrogens is 1. The SMILES string of the molecule is CC/C=C\C/C=C\C/C=C\C/C=C\C/C=C\C/C=C\C/C=C\C/C=C\C/C=C\CCCCCC(=O)NC(COP(=O)(O)OCC[N+](C)(C)C)C(O)CCCCCCCCCCCCCCCCCCCCCCCC. The number of hydrogen-bond donors (Lipinski definition) is 3. The van der Waals surface area contributed by atoms with Gasteiger partial charge in [0.1, 0.15) is 13.2 Å². The van der Waals surface area contributed by atoms with Gasteiger partial charge >= 0.3 is 7.82 Å². The third kappa shape index (κ3) is 58.7. The van der Waals surface area contributed by atoms with E-state index in [0.29, 0.717) is 23.9 Å². The monoisotopic (exact) mass is 1070 g/mol. The fourth-order valence-corrected chi connectivity index (χ4v) is 9.25. The summed E-state index contributed by atoms with van der Waals surface area (Å²) in [7, 11) is 1.58. The minimum absolute atomic E-state index is 0.0622. The van der Waals surface area contributed by atoms with Crippen molar-refractivity contribution in [3.63, 3.8) is 0 Å². The van der Waals surface area contributed by atoms with E-state index in [2.05, 4.69) is 129 Å². The van der Waals surface area contributed by atoms with E-state index in [-0.39, 0.29) is 19.1 Å². The Morgan fingerprint density at radius 3 is 1.16 bits per heavy atom. The van der Waals surface area contributed by atoms with Crippen LogP contribution in [-0.4, -0.2) is 73.4 Å². The molecular weight excluding hydrogens is 948 g/mol. The standard InChI is InChI=1S/C66H117N2O6P/c1-6-8-10-12-14-16-18-20-22-24-26-28-30-31-32-33-34-35-36-37-38-40-42-44-46-48-50-52-54-56-58-60-66(70)67-64(63-74-75(71,72)73-62-61-68(3,4)5)65(69)59-57-55-53-51-49-47-45-43-41-39-29-27-25-23-21-19-17-15-13-11-9-7-2/h8,10,14,16,20,22,26,28,31-32,34-35,37-38,42,44,48,50,64-65,69H,6-7,9,11-13,15,17-19,21,23-25,27,29-30,33,36,39-41,43,45-47,49,51-63H2,1-5H3,(H-,67,70,71,72)/p+1/b10-8-,16-14-,22-20-,28-26-,32-31-,35-34-,38-37-,44-42-,50-48-. The lowest BCUT2D eigenvalue weighted by molar-refractivity contribution is -0.870. The molecule has 0 aromatic heterocycles. The number of amides is 1. The Morgan fingerprint density at radius 2 is 0.800 bits per heavy atom. The zero-order valence-electron chi connectivity index (χ0n) is 49.3. The summed E-state index contributed by atoms with van der Waals surface area (Å²) in [5, 5.41) is 14.1. The minimum atomic E-state index is -4.34. The van der Waals surface area contributed by atoms with Crippen molar-refractivity contribution < 1.29 is 32.9 Å². The maximum absolute atomic E-state index is 13.0. The maximum atomic E-state index is 13.0. The highest BCUT2D eigenvalue weighted by atomic mass is 31.2. The van der Waals surface area contributed by atoms with E-state index in [4.69, 9.17) is 9.05 Å². The molecule has 3 unspecified atom stereocenters. The highest BCUT2D eigenvalue weighted by Crippen LogP contribution is 2.43. The lowest BCUT2D eigenvalue weighted by Gasteiger charge is -2.26. The summed E-state index contributed by atoms with van der Waals surface area (Å²) in [6, 6.07) is -0.788.